The maximum atomic E-state index is 15.9. The normalized spacial score (nSPS) is 15.7. The third-order valence-corrected chi connectivity index (χ3v) is 16.3. The number of halogens is 4. The van der Waals surface area contributed by atoms with Gasteiger partial charge in [-0.05, 0) is 58.1 Å². The molecule has 6 nitrogen and oxygen atoms in total. The number of hydrogen-bond acceptors (Lipinski definition) is 5. The van der Waals surface area contributed by atoms with Gasteiger partial charge in [-0.1, -0.05) is 38.9 Å². The zero-order valence-corrected chi connectivity index (χ0v) is 23.6. The van der Waals surface area contributed by atoms with E-state index in [-0.39, 0.29) is 5.69 Å². The van der Waals surface area contributed by atoms with Gasteiger partial charge in [0.15, 0.2) is 0 Å². The van der Waals surface area contributed by atoms with Crippen LogP contribution in [0.15, 0.2) is 10.7 Å². The summed E-state index contributed by atoms with van der Waals surface area (Å²) in [4.78, 5) is 4.26. The summed E-state index contributed by atoms with van der Waals surface area (Å²) in [5.41, 5.74) is 4.73. The fourth-order valence-corrected chi connectivity index (χ4v) is 10.9. The number of pyridine rings is 1. The van der Waals surface area contributed by atoms with Crippen LogP contribution < -0.4 is 15.6 Å². The van der Waals surface area contributed by atoms with Crippen molar-refractivity contribution in [3.8, 4) is 6.07 Å². The number of aromatic nitrogens is 1. The lowest BCUT2D eigenvalue weighted by Crippen LogP contribution is -2.59. The lowest BCUT2D eigenvalue weighted by molar-refractivity contribution is -0.0437. The number of nitrogens with zero attached hydrogens (tertiary/aromatic N) is 2. The van der Waals surface area contributed by atoms with Crippen molar-refractivity contribution in [2.24, 2.45) is 5.73 Å². The Kier molecular flexibility index (Phi) is 9.90. The van der Waals surface area contributed by atoms with Crippen molar-refractivity contribution in [1.29, 1.82) is 5.26 Å². The molecule has 33 heavy (non-hydrogen) atoms. The Hall–Kier alpha value is -0.843. The molecule has 0 radical (unpaired) electrons. The van der Waals surface area contributed by atoms with Crippen LogP contribution in [0.1, 0.15) is 47.2 Å². The van der Waals surface area contributed by atoms with E-state index in [9.17, 15) is 18.3 Å². The molecule has 0 saturated heterocycles. The minimum atomic E-state index is -3.97. The highest BCUT2D eigenvalue weighted by Crippen LogP contribution is 2.32. The van der Waals surface area contributed by atoms with Crippen LogP contribution in [0.4, 0.5) is 13.2 Å². The molecule has 0 fully saturated rings. The van der Waals surface area contributed by atoms with Crippen molar-refractivity contribution >= 4 is 39.3 Å². The van der Waals surface area contributed by atoms with Gasteiger partial charge < -0.3 is 10.8 Å². The summed E-state index contributed by atoms with van der Waals surface area (Å²) in [5.74, 6) is -4.60. The predicted molar refractivity (Wildman–Crippen MR) is 134 cm³/mol. The smallest absolute Gasteiger partial charge is 0.283 e. The van der Waals surface area contributed by atoms with Gasteiger partial charge in [0.2, 0.25) is 0 Å². The molecular formula is C21H36BrF3N4O2SSi. The van der Waals surface area contributed by atoms with Crippen LogP contribution in [-0.2, 0) is 15.7 Å². The minimum Gasteiger partial charge on any atom is -0.390 e. The molecule has 0 unspecified atom stereocenters. The van der Waals surface area contributed by atoms with E-state index in [1.54, 1.807) is 6.07 Å². The van der Waals surface area contributed by atoms with E-state index in [1.165, 1.54) is 20.8 Å². The lowest BCUT2D eigenvalue weighted by Gasteiger charge is -2.41. The van der Waals surface area contributed by atoms with E-state index in [0.29, 0.717) is 9.79 Å². The van der Waals surface area contributed by atoms with Gasteiger partial charge in [0.05, 0.1) is 31.9 Å². The molecule has 0 saturated carbocycles. The van der Waals surface area contributed by atoms with Gasteiger partial charge in [0.1, 0.15) is 21.8 Å². The third kappa shape index (κ3) is 6.44. The molecule has 4 N–H and O–H groups in total. The molecule has 1 aromatic heterocycles. The molecular weight excluding hydrogens is 537 g/mol. The van der Waals surface area contributed by atoms with Crippen LogP contribution in [0.2, 0.25) is 18.1 Å². The molecule has 0 aliphatic heterocycles. The van der Waals surface area contributed by atoms with Gasteiger partial charge >= 0.3 is 0 Å². The van der Waals surface area contributed by atoms with Crippen molar-refractivity contribution in [3.05, 3.63) is 22.2 Å². The summed E-state index contributed by atoms with van der Waals surface area (Å²) in [5, 5.41) is 19.0. The molecule has 190 valence electrons. The molecule has 0 aromatic carbocycles. The van der Waals surface area contributed by atoms with Gasteiger partial charge in [-0.25, -0.2) is 18.2 Å². The Bertz CT molecular complexity index is 929. The molecule has 0 amide bonds. The number of rotatable bonds is 12. The summed E-state index contributed by atoms with van der Waals surface area (Å²) in [6.45, 7) is 7.68. The molecule has 12 heteroatoms. The third-order valence-electron chi connectivity index (χ3n) is 6.62. The summed E-state index contributed by atoms with van der Waals surface area (Å²) >= 11 is 3.34. The zero-order chi connectivity index (χ0) is 25.9. The van der Waals surface area contributed by atoms with Crippen molar-refractivity contribution in [2.75, 3.05) is 18.9 Å². The van der Waals surface area contributed by atoms with E-state index >= 15 is 4.39 Å². The van der Waals surface area contributed by atoms with Gasteiger partial charge in [-0.15, -0.1) is 0 Å². The summed E-state index contributed by atoms with van der Waals surface area (Å²) in [6.07, 6.45) is 0. The maximum Gasteiger partial charge on any atom is 0.283 e. The molecule has 0 spiro atoms. The first kappa shape index (κ1) is 30.2. The highest BCUT2D eigenvalue weighted by Gasteiger charge is 2.45. The number of aliphatic hydroxyl groups excluding tert-OH is 1. The second-order valence-corrected chi connectivity index (χ2v) is 18.6. The standard InChI is InChI=1S/C21H36BrF3N4O2SSi/c1-7-33(8-2,9-3)15-10-16(22)29-18(17(15)23)20(6,27)14-32(31,19(4,5)11-26)28-12-21(24,25)13-30/h10,30,32H,7-9,12-14,27H2,1-6H3,(H,28,31)/t20-/m0/s1. The highest BCUT2D eigenvalue weighted by molar-refractivity contribution is 9.10. The fourth-order valence-electron chi connectivity index (χ4n) is 3.95. The van der Waals surface area contributed by atoms with E-state index in [4.69, 9.17) is 10.8 Å². The molecule has 0 bridgehead atoms. The van der Waals surface area contributed by atoms with Crippen LogP contribution in [0.25, 0.3) is 0 Å². The Morgan fingerprint density at radius 1 is 1.27 bits per heavy atom. The molecule has 0 aliphatic rings. The number of nitrogens with two attached hydrogens (primary N) is 1. The van der Waals surface area contributed by atoms with Crippen LogP contribution in [0.3, 0.4) is 0 Å². The molecule has 1 rings (SSSR count). The zero-order valence-electron chi connectivity index (χ0n) is 20.1. The predicted octanol–water partition coefficient (Wildman–Crippen LogP) is 3.32. The second-order valence-electron chi connectivity index (χ2n) is 9.33. The first-order valence-electron chi connectivity index (χ1n) is 10.9. The minimum absolute atomic E-state index is 0.121. The van der Waals surface area contributed by atoms with Crippen molar-refractivity contribution in [3.63, 3.8) is 0 Å². The van der Waals surface area contributed by atoms with Crippen molar-refractivity contribution in [2.45, 2.75) is 75.9 Å². The molecule has 1 heterocycles. The highest BCUT2D eigenvalue weighted by atomic mass is 79.9. The summed E-state index contributed by atoms with van der Waals surface area (Å²) < 4.78 is 58.4. The van der Waals surface area contributed by atoms with Gasteiger partial charge in [0.25, 0.3) is 5.92 Å². The van der Waals surface area contributed by atoms with E-state index < -0.39 is 59.1 Å². The average Bonchev–Trinajstić information content (AvgIpc) is 2.75. The summed E-state index contributed by atoms with van der Waals surface area (Å²) in [7, 11) is -6.16. The lowest BCUT2D eigenvalue weighted by atomic mass is 10.0. The van der Waals surface area contributed by atoms with E-state index in [0.717, 1.165) is 18.1 Å². The Morgan fingerprint density at radius 2 is 1.79 bits per heavy atom. The number of nitriles is 1. The molecule has 0 aliphatic carbocycles. The largest absolute Gasteiger partial charge is 0.390 e. The van der Waals surface area contributed by atoms with E-state index in [2.05, 4.69) is 25.6 Å². The summed E-state index contributed by atoms with van der Waals surface area (Å²) in [6, 6.07) is 6.01. The van der Waals surface area contributed by atoms with Gasteiger partial charge in [0, 0.05) is 5.75 Å². The SMILES string of the molecule is CC[Si](CC)(CC)c1cc(Br)nc([C@@](C)(N)C[SH](=O)(NCC(F)(F)CO)C(C)(C)C#N)c1F. The number of alkyl halides is 2. The maximum absolute atomic E-state index is 15.9. The van der Waals surface area contributed by atoms with Crippen LogP contribution in [0.5, 0.6) is 0 Å². The fraction of sp³-hybridized carbons (Fsp3) is 0.714. The van der Waals surface area contributed by atoms with Crippen molar-refractivity contribution in [1.82, 2.24) is 9.71 Å². The Balaban J connectivity index is 3.63. The Labute approximate surface area is 205 Å². The van der Waals surface area contributed by atoms with Crippen molar-refractivity contribution < 1.29 is 22.5 Å². The van der Waals surface area contributed by atoms with Gasteiger partial charge in [-0.2, -0.15) is 5.26 Å². The first-order valence-corrected chi connectivity index (χ1v) is 16.2. The van der Waals surface area contributed by atoms with E-state index in [1.807, 2.05) is 26.8 Å². The first-order chi connectivity index (χ1) is 15.0. The van der Waals surface area contributed by atoms with Crippen LogP contribution in [0, 0.1) is 17.1 Å². The second kappa shape index (κ2) is 10.8. The number of hydrogen-bond donors (Lipinski definition) is 4. The average molecular weight is 574 g/mol. The molecule has 1 atom stereocenters. The quantitative estimate of drug-likeness (QED) is 0.174. The van der Waals surface area contributed by atoms with Crippen LogP contribution >= 0.6 is 15.9 Å². The number of aliphatic hydroxyl groups is 1. The number of thiol groups is 1. The topological polar surface area (TPSA) is 112 Å². The van der Waals surface area contributed by atoms with Gasteiger partial charge in [-0.3, -0.25) is 8.93 Å². The monoisotopic (exact) mass is 572 g/mol. The Morgan fingerprint density at radius 3 is 2.21 bits per heavy atom. The number of nitrogens with one attached hydrogen (secondary N) is 1. The van der Waals surface area contributed by atoms with Crippen LogP contribution in [-0.4, -0.2) is 51.9 Å². The molecule has 1 aromatic rings.